The fourth-order valence-electron chi connectivity index (χ4n) is 1.18. The van der Waals surface area contributed by atoms with Crippen molar-refractivity contribution in [3.63, 3.8) is 0 Å². The molecule has 0 heterocycles. The standard InChI is InChI=1S/C10H11NO3/c1-6(12)8-3-7(5-11)10(14-2)4-9(8)13/h3-4,6,12-13H,1-2H3. The van der Waals surface area contributed by atoms with Gasteiger partial charge in [0.1, 0.15) is 17.6 Å². The number of phenolic OH excluding ortho intramolecular Hbond substituents is 1. The molecule has 0 aromatic heterocycles. The Morgan fingerprint density at radius 1 is 1.50 bits per heavy atom. The predicted octanol–water partition coefficient (Wildman–Crippen LogP) is 1.33. The van der Waals surface area contributed by atoms with Crippen molar-refractivity contribution in [2.75, 3.05) is 7.11 Å². The minimum atomic E-state index is -0.812. The number of rotatable bonds is 2. The third kappa shape index (κ3) is 1.78. The summed E-state index contributed by atoms with van der Waals surface area (Å²) in [6.07, 6.45) is -0.812. The summed E-state index contributed by atoms with van der Waals surface area (Å²) in [6, 6.07) is 4.66. The maximum atomic E-state index is 9.46. The van der Waals surface area contributed by atoms with Crippen LogP contribution in [0, 0.1) is 11.3 Å². The van der Waals surface area contributed by atoms with Crippen molar-refractivity contribution in [3.8, 4) is 17.6 Å². The first-order valence-corrected chi connectivity index (χ1v) is 4.09. The molecule has 1 unspecified atom stereocenters. The zero-order valence-electron chi connectivity index (χ0n) is 7.98. The Balaban J connectivity index is 3.32. The first kappa shape index (κ1) is 10.4. The van der Waals surface area contributed by atoms with Gasteiger partial charge in [-0.05, 0) is 13.0 Å². The summed E-state index contributed by atoms with van der Waals surface area (Å²) in [5, 5.41) is 27.5. The second-order valence-electron chi connectivity index (χ2n) is 2.90. The van der Waals surface area contributed by atoms with Crippen molar-refractivity contribution in [2.45, 2.75) is 13.0 Å². The highest BCUT2D eigenvalue weighted by Crippen LogP contribution is 2.31. The molecule has 0 aliphatic rings. The van der Waals surface area contributed by atoms with Gasteiger partial charge in [0.05, 0.1) is 18.8 Å². The summed E-state index contributed by atoms with van der Waals surface area (Å²) in [5.74, 6) is 0.227. The van der Waals surface area contributed by atoms with Gasteiger partial charge in [0, 0.05) is 11.6 Å². The molecule has 0 aliphatic carbocycles. The summed E-state index contributed by atoms with van der Waals surface area (Å²) < 4.78 is 4.89. The number of aliphatic hydroxyl groups excluding tert-OH is 1. The maximum Gasteiger partial charge on any atom is 0.140 e. The molecule has 0 aliphatic heterocycles. The van der Waals surface area contributed by atoms with Gasteiger partial charge >= 0.3 is 0 Å². The fourth-order valence-corrected chi connectivity index (χ4v) is 1.18. The van der Waals surface area contributed by atoms with Gasteiger partial charge in [0.25, 0.3) is 0 Å². The topological polar surface area (TPSA) is 73.5 Å². The van der Waals surface area contributed by atoms with Gasteiger partial charge in [-0.3, -0.25) is 0 Å². The van der Waals surface area contributed by atoms with E-state index >= 15 is 0 Å². The molecule has 1 aromatic carbocycles. The molecule has 4 heteroatoms. The Hall–Kier alpha value is -1.73. The van der Waals surface area contributed by atoms with Crippen LogP contribution in [0.15, 0.2) is 12.1 Å². The first-order valence-electron chi connectivity index (χ1n) is 4.09. The van der Waals surface area contributed by atoms with Crippen molar-refractivity contribution < 1.29 is 14.9 Å². The number of hydrogen-bond acceptors (Lipinski definition) is 4. The van der Waals surface area contributed by atoms with Crippen LogP contribution < -0.4 is 4.74 Å². The van der Waals surface area contributed by atoms with Crippen molar-refractivity contribution in [3.05, 3.63) is 23.3 Å². The average Bonchev–Trinajstić information content (AvgIpc) is 2.16. The fraction of sp³-hybridized carbons (Fsp3) is 0.300. The highest BCUT2D eigenvalue weighted by molar-refractivity contribution is 5.51. The number of benzene rings is 1. The van der Waals surface area contributed by atoms with Crippen molar-refractivity contribution in [1.82, 2.24) is 0 Å². The van der Waals surface area contributed by atoms with E-state index in [-0.39, 0.29) is 5.75 Å². The lowest BCUT2D eigenvalue weighted by atomic mass is 10.1. The molecule has 1 atom stereocenters. The van der Waals surface area contributed by atoms with Crippen LogP contribution in [-0.2, 0) is 0 Å². The third-order valence-electron chi connectivity index (χ3n) is 1.92. The van der Waals surface area contributed by atoms with Crippen molar-refractivity contribution >= 4 is 0 Å². The minimum absolute atomic E-state index is 0.0733. The van der Waals surface area contributed by atoms with E-state index in [1.165, 1.54) is 26.2 Å². The Morgan fingerprint density at radius 2 is 2.14 bits per heavy atom. The van der Waals surface area contributed by atoms with Gasteiger partial charge in [-0.15, -0.1) is 0 Å². The van der Waals surface area contributed by atoms with Gasteiger partial charge in [0.2, 0.25) is 0 Å². The second-order valence-corrected chi connectivity index (χ2v) is 2.90. The number of hydrogen-bond donors (Lipinski definition) is 2. The normalized spacial score (nSPS) is 11.9. The SMILES string of the molecule is COc1cc(O)c(C(C)O)cc1C#N. The summed E-state index contributed by atoms with van der Waals surface area (Å²) in [4.78, 5) is 0. The van der Waals surface area contributed by atoms with Crippen LogP contribution in [-0.4, -0.2) is 17.3 Å². The Kier molecular flexibility index (Phi) is 2.95. The van der Waals surface area contributed by atoms with E-state index in [1.54, 1.807) is 0 Å². The van der Waals surface area contributed by atoms with Crippen LogP contribution in [0.25, 0.3) is 0 Å². The molecule has 74 valence electrons. The zero-order valence-corrected chi connectivity index (χ0v) is 7.98. The number of ether oxygens (including phenoxy) is 1. The summed E-state index contributed by atoms with van der Waals surface area (Å²) in [7, 11) is 1.41. The van der Waals surface area contributed by atoms with E-state index in [4.69, 9.17) is 10.00 Å². The van der Waals surface area contributed by atoms with E-state index in [0.29, 0.717) is 16.9 Å². The van der Waals surface area contributed by atoms with E-state index in [2.05, 4.69) is 0 Å². The number of aliphatic hydroxyl groups is 1. The third-order valence-corrected chi connectivity index (χ3v) is 1.92. The molecular weight excluding hydrogens is 182 g/mol. The number of nitriles is 1. The van der Waals surface area contributed by atoms with Gasteiger partial charge in [-0.1, -0.05) is 0 Å². The van der Waals surface area contributed by atoms with E-state index in [0.717, 1.165) is 0 Å². The monoisotopic (exact) mass is 193 g/mol. The zero-order chi connectivity index (χ0) is 10.7. The summed E-state index contributed by atoms with van der Waals surface area (Å²) in [5.41, 5.74) is 0.614. The molecular formula is C10H11NO3. The largest absolute Gasteiger partial charge is 0.507 e. The van der Waals surface area contributed by atoms with Crippen LogP contribution in [0.3, 0.4) is 0 Å². The Labute approximate surface area is 82.0 Å². The average molecular weight is 193 g/mol. The van der Waals surface area contributed by atoms with Gasteiger partial charge in [0.15, 0.2) is 0 Å². The molecule has 0 amide bonds. The van der Waals surface area contributed by atoms with E-state index < -0.39 is 6.10 Å². The second kappa shape index (κ2) is 3.99. The van der Waals surface area contributed by atoms with Crippen LogP contribution in [0.5, 0.6) is 11.5 Å². The van der Waals surface area contributed by atoms with Crippen LogP contribution in [0.2, 0.25) is 0 Å². The van der Waals surface area contributed by atoms with Gasteiger partial charge < -0.3 is 14.9 Å². The van der Waals surface area contributed by atoms with Crippen molar-refractivity contribution in [1.29, 1.82) is 5.26 Å². The lowest BCUT2D eigenvalue weighted by molar-refractivity contribution is 0.194. The summed E-state index contributed by atoms with van der Waals surface area (Å²) >= 11 is 0. The lowest BCUT2D eigenvalue weighted by Crippen LogP contribution is -1.95. The smallest absolute Gasteiger partial charge is 0.140 e. The molecule has 2 N–H and O–H groups in total. The number of phenols is 1. The maximum absolute atomic E-state index is 9.46. The van der Waals surface area contributed by atoms with Crippen LogP contribution in [0.4, 0.5) is 0 Å². The number of nitrogens with zero attached hydrogens (tertiary/aromatic N) is 1. The molecule has 0 saturated heterocycles. The minimum Gasteiger partial charge on any atom is -0.507 e. The first-order chi connectivity index (χ1) is 6.60. The van der Waals surface area contributed by atoms with Gasteiger partial charge in [-0.2, -0.15) is 5.26 Å². The molecule has 1 rings (SSSR count). The van der Waals surface area contributed by atoms with Crippen LogP contribution in [0.1, 0.15) is 24.2 Å². The molecule has 0 fully saturated rings. The Bertz CT molecular complexity index is 380. The molecule has 0 saturated carbocycles. The highest BCUT2D eigenvalue weighted by Gasteiger charge is 2.12. The molecule has 14 heavy (non-hydrogen) atoms. The molecule has 4 nitrogen and oxygen atoms in total. The predicted molar refractivity (Wildman–Crippen MR) is 50.0 cm³/mol. The molecule has 0 radical (unpaired) electrons. The lowest BCUT2D eigenvalue weighted by Gasteiger charge is -2.10. The van der Waals surface area contributed by atoms with Crippen molar-refractivity contribution in [2.24, 2.45) is 0 Å². The Morgan fingerprint density at radius 3 is 2.57 bits per heavy atom. The van der Waals surface area contributed by atoms with Crippen LogP contribution >= 0.6 is 0 Å². The quantitative estimate of drug-likeness (QED) is 0.743. The highest BCUT2D eigenvalue weighted by atomic mass is 16.5. The van der Waals surface area contributed by atoms with E-state index in [9.17, 15) is 10.2 Å². The number of aromatic hydroxyl groups is 1. The summed E-state index contributed by atoms with van der Waals surface area (Å²) in [6.45, 7) is 1.52. The molecule has 0 spiro atoms. The van der Waals surface area contributed by atoms with Gasteiger partial charge in [-0.25, -0.2) is 0 Å². The molecule has 0 bridgehead atoms. The van der Waals surface area contributed by atoms with E-state index in [1.807, 2.05) is 6.07 Å². The number of methoxy groups -OCH3 is 1. The molecule has 1 aromatic rings.